The molecule has 1 heterocycles. The second-order valence-electron chi connectivity index (χ2n) is 3.03. The highest BCUT2D eigenvalue weighted by atomic mass is 16.4. The molecule has 1 aromatic carbocycles. The smallest absolute Gasteiger partial charge is 0.134 e. The van der Waals surface area contributed by atoms with Crippen LogP contribution in [0.3, 0.4) is 0 Å². The molecule has 2 aromatic rings. The minimum atomic E-state index is 0.788. The predicted octanol–water partition coefficient (Wildman–Crippen LogP) is 2.80. The Balaban J connectivity index is 2.74. The minimum absolute atomic E-state index is 0.788. The maximum Gasteiger partial charge on any atom is 0.134 e. The van der Waals surface area contributed by atoms with Crippen molar-refractivity contribution in [3.8, 4) is 0 Å². The van der Waals surface area contributed by atoms with Crippen molar-refractivity contribution in [2.24, 2.45) is 5.16 Å². The van der Waals surface area contributed by atoms with E-state index in [0.29, 0.717) is 0 Å². The Morgan fingerprint density at radius 1 is 1.43 bits per heavy atom. The van der Waals surface area contributed by atoms with Crippen LogP contribution in [0.5, 0.6) is 0 Å². The molecule has 0 fully saturated rings. The maximum absolute atomic E-state index is 8.55. The Labute approximate surface area is 81.6 Å². The molecule has 0 radical (unpaired) electrons. The number of fused-ring (bicyclic) bond motifs is 1. The Bertz CT molecular complexity index is 471. The molecule has 0 amide bonds. The molecule has 0 aliphatic rings. The molecule has 3 heteroatoms. The predicted molar refractivity (Wildman–Crippen MR) is 55.0 cm³/mol. The highest BCUT2D eigenvalue weighted by Crippen LogP contribution is 2.24. The van der Waals surface area contributed by atoms with Gasteiger partial charge in [-0.25, -0.2) is 0 Å². The third-order valence-electron chi connectivity index (χ3n) is 2.22. The van der Waals surface area contributed by atoms with Crippen LogP contribution >= 0.6 is 0 Å². The van der Waals surface area contributed by atoms with Gasteiger partial charge in [-0.3, -0.25) is 0 Å². The van der Waals surface area contributed by atoms with Gasteiger partial charge in [0.25, 0.3) is 0 Å². The minimum Gasteiger partial charge on any atom is -0.460 e. The summed E-state index contributed by atoms with van der Waals surface area (Å²) in [6, 6.07) is 7.72. The van der Waals surface area contributed by atoms with Crippen molar-refractivity contribution in [1.29, 1.82) is 0 Å². The molecule has 0 aliphatic carbocycles. The van der Waals surface area contributed by atoms with Crippen molar-refractivity contribution in [1.82, 2.24) is 0 Å². The van der Waals surface area contributed by atoms with E-state index < -0.39 is 0 Å². The number of aryl methyl sites for hydroxylation is 1. The molecule has 0 saturated carbocycles. The van der Waals surface area contributed by atoms with Crippen LogP contribution in [0.1, 0.15) is 18.2 Å². The first-order valence-electron chi connectivity index (χ1n) is 4.54. The highest BCUT2D eigenvalue weighted by molar-refractivity contribution is 5.99. The number of benzene rings is 1. The third kappa shape index (κ3) is 1.27. The van der Waals surface area contributed by atoms with E-state index in [1.54, 1.807) is 0 Å². The molecular weight excluding hydrogens is 178 g/mol. The van der Waals surface area contributed by atoms with Crippen molar-refractivity contribution in [2.75, 3.05) is 0 Å². The van der Waals surface area contributed by atoms with E-state index in [1.165, 1.54) is 6.21 Å². The largest absolute Gasteiger partial charge is 0.460 e. The molecular formula is C11H11NO2. The van der Waals surface area contributed by atoms with Gasteiger partial charge in [0, 0.05) is 17.4 Å². The zero-order valence-electron chi connectivity index (χ0n) is 7.90. The fourth-order valence-electron chi connectivity index (χ4n) is 1.58. The third-order valence-corrected chi connectivity index (χ3v) is 2.22. The van der Waals surface area contributed by atoms with Crippen molar-refractivity contribution >= 4 is 17.2 Å². The second kappa shape index (κ2) is 3.54. The standard InChI is InChI=1S/C11H11NO2/c1-2-10-9(7-12-13)8-5-3-4-6-11(8)14-10/h3-7,13H,2H2,1H3/b12-7+. The van der Waals surface area contributed by atoms with E-state index in [2.05, 4.69) is 5.16 Å². The lowest BCUT2D eigenvalue weighted by molar-refractivity contribution is 0.321. The quantitative estimate of drug-likeness (QED) is 0.448. The molecule has 1 aromatic heterocycles. The van der Waals surface area contributed by atoms with E-state index in [9.17, 15) is 0 Å². The summed E-state index contributed by atoms with van der Waals surface area (Å²) in [5.74, 6) is 0.851. The second-order valence-corrected chi connectivity index (χ2v) is 3.03. The lowest BCUT2D eigenvalue weighted by Crippen LogP contribution is -1.85. The summed E-state index contributed by atoms with van der Waals surface area (Å²) in [5, 5.41) is 12.6. The van der Waals surface area contributed by atoms with E-state index in [4.69, 9.17) is 9.62 Å². The molecule has 0 spiro atoms. The van der Waals surface area contributed by atoms with Gasteiger partial charge in [-0.05, 0) is 6.07 Å². The number of hydrogen-bond acceptors (Lipinski definition) is 3. The Morgan fingerprint density at radius 2 is 2.21 bits per heavy atom. The molecule has 1 N–H and O–H groups in total. The average molecular weight is 189 g/mol. The van der Waals surface area contributed by atoms with Gasteiger partial charge in [0.1, 0.15) is 11.3 Å². The summed E-state index contributed by atoms with van der Waals surface area (Å²) < 4.78 is 5.60. The number of rotatable bonds is 2. The van der Waals surface area contributed by atoms with Gasteiger partial charge in [-0.1, -0.05) is 30.3 Å². The molecule has 0 saturated heterocycles. The van der Waals surface area contributed by atoms with Crippen LogP contribution in [0.2, 0.25) is 0 Å². The van der Waals surface area contributed by atoms with Crippen LogP contribution in [0.25, 0.3) is 11.0 Å². The van der Waals surface area contributed by atoms with E-state index in [0.717, 1.165) is 28.7 Å². The lowest BCUT2D eigenvalue weighted by atomic mass is 10.1. The number of oxime groups is 1. The number of nitrogens with zero attached hydrogens (tertiary/aromatic N) is 1. The Hall–Kier alpha value is -1.77. The van der Waals surface area contributed by atoms with Crippen LogP contribution in [0.15, 0.2) is 33.8 Å². The zero-order valence-corrected chi connectivity index (χ0v) is 7.90. The number of para-hydroxylation sites is 1. The van der Waals surface area contributed by atoms with Crippen molar-refractivity contribution < 1.29 is 9.62 Å². The zero-order chi connectivity index (χ0) is 9.97. The highest BCUT2D eigenvalue weighted by Gasteiger charge is 2.09. The lowest BCUT2D eigenvalue weighted by Gasteiger charge is -1.90. The molecule has 3 nitrogen and oxygen atoms in total. The Morgan fingerprint density at radius 3 is 2.93 bits per heavy atom. The first-order chi connectivity index (χ1) is 6.86. The van der Waals surface area contributed by atoms with Gasteiger partial charge in [0.2, 0.25) is 0 Å². The normalized spacial score (nSPS) is 11.5. The first-order valence-corrected chi connectivity index (χ1v) is 4.54. The van der Waals surface area contributed by atoms with E-state index >= 15 is 0 Å². The Kier molecular flexibility index (Phi) is 2.23. The van der Waals surface area contributed by atoms with E-state index in [-0.39, 0.29) is 0 Å². The molecule has 2 rings (SSSR count). The molecule has 0 bridgehead atoms. The van der Waals surface area contributed by atoms with Crippen molar-refractivity contribution in [3.63, 3.8) is 0 Å². The van der Waals surface area contributed by atoms with Crippen molar-refractivity contribution in [2.45, 2.75) is 13.3 Å². The van der Waals surface area contributed by atoms with Crippen molar-refractivity contribution in [3.05, 3.63) is 35.6 Å². The average Bonchev–Trinajstić information content (AvgIpc) is 2.58. The summed E-state index contributed by atoms with van der Waals surface area (Å²) in [6.45, 7) is 2.01. The monoisotopic (exact) mass is 189 g/mol. The van der Waals surface area contributed by atoms with E-state index in [1.807, 2.05) is 31.2 Å². The molecule has 0 unspecified atom stereocenters. The van der Waals surface area contributed by atoms with Crippen LogP contribution in [-0.2, 0) is 6.42 Å². The summed E-state index contributed by atoms with van der Waals surface area (Å²) in [6.07, 6.45) is 2.21. The van der Waals surface area contributed by atoms with Crippen LogP contribution < -0.4 is 0 Å². The van der Waals surface area contributed by atoms with Gasteiger partial charge in [-0.2, -0.15) is 0 Å². The fourth-order valence-corrected chi connectivity index (χ4v) is 1.58. The van der Waals surface area contributed by atoms with Gasteiger partial charge in [0.05, 0.1) is 6.21 Å². The number of furan rings is 1. The van der Waals surface area contributed by atoms with Gasteiger partial charge in [-0.15, -0.1) is 0 Å². The summed E-state index contributed by atoms with van der Waals surface area (Å²) in [4.78, 5) is 0. The molecule has 14 heavy (non-hydrogen) atoms. The van der Waals surface area contributed by atoms with Gasteiger partial charge < -0.3 is 9.62 Å². The molecule has 0 atom stereocenters. The summed E-state index contributed by atoms with van der Waals surface area (Å²) >= 11 is 0. The fraction of sp³-hybridized carbons (Fsp3) is 0.182. The summed E-state index contributed by atoms with van der Waals surface area (Å²) in [5.41, 5.74) is 1.70. The first kappa shape index (κ1) is 8.81. The summed E-state index contributed by atoms with van der Waals surface area (Å²) in [7, 11) is 0. The maximum atomic E-state index is 8.55. The number of hydrogen-bond donors (Lipinski definition) is 1. The van der Waals surface area contributed by atoms with Gasteiger partial charge >= 0.3 is 0 Å². The topological polar surface area (TPSA) is 45.7 Å². The van der Waals surface area contributed by atoms with Crippen LogP contribution in [-0.4, -0.2) is 11.4 Å². The molecule has 72 valence electrons. The SMILES string of the molecule is CCc1oc2ccccc2c1/C=N/O. The molecule has 0 aliphatic heterocycles. The van der Waals surface area contributed by atoms with Crippen LogP contribution in [0.4, 0.5) is 0 Å². The van der Waals surface area contributed by atoms with Crippen LogP contribution in [0, 0.1) is 0 Å². The van der Waals surface area contributed by atoms with Gasteiger partial charge in [0.15, 0.2) is 0 Å².